The van der Waals surface area contributed by atoms with E-state index in [1.165, 1.54) is 64.7 Å². The lowest BCUT2D eigenvalue weighted by Crippen LogP contribution is -2.44. The summed E-state index contributed by atoms with van der Waals surface area (Å²) in [6.45, 7) is 12.2. The second-order valence-electron chi connectivity index (χ2n) is 6.94. The summed E-state index contributed by atoms with van der Waals surface area (Å²) in [5, 5.41) is 3.73. The van der Waals surface area contributed by atoms with Crippen molar-refractivity contribution in [3.63, 3.8) is 0 Å². The van der Waals surface area contributed by atoms with Crippen molar-refractivity contribution < 1.29 is 0 Å². The van der Waals surface area contributed by atoms with Crippen LogP contribution in [0.15, 0.2) is 0 Å². The summed E-state index contributed by atoms with van der Waals surface area (Å²) in [5.41, 5.74) is 0.461. The average Bonchev–Trinajstić information content (AvgIpc) is 3.13. The van der Waals surface area contributed by atoms with Gasteiger partial charge in [0.1, 0.15) is 0 Å². The van der Waals surface area contributed by atoms with Gasteiger partial charge in [0.25, 0.3) is 0 Å². The number of hydrogen-bond donors (Lipinski definition) is 1. The summed E-state index contributed by atoms with van der Waals surface area (Å²) >= 11 is 0. The van der Waals surface area contributed by atoms with Gasteiger partial charge >= 0.3 is 0 Å². The van der Waals surface area contributed by atoms with Crippen molar-refractivity contribution in [2.24, 2.45) is 11.3 Å². The molecule has 2 aliphatic carbocycles. The van der Waals surface area contributed by atoms with E-state index in [0.717, 1.165) is 12.0 Å². The Morgan fingerprint density at radius 3 is 2.33 bits per heavy atom. The highest BCUT2D eigenvalue weighted by atomic mass is 15.1. The zero-order chi connectivity index (χ0) is 13.0. The minimum absolute atomic E-state index is 0.461. The number of nitrogens with zero attached hydrogens (tertiary/aromatic N) is 1. The molecule has 0 spiro atoms. The molecule has 18 heavy (non-hydrogen) atoms. The van der Waals surface area contributed by atoms with Gasteiger partial charge < -0.3 is 10.2 Å². The van der Waals surface area contributed by atoms with Gasteiger partial charge in [0.15, 0.2) is 0 Å². The Kier molecular flexibility index (Phi) is 5.08. The molecule has 2 aliphatic rings. The summed E-state index contributed by atoms with van der Waals surface area (Å²) in [4.78, 5) is 2.70. The molecule has 1 N–H and O–H groups in total. The standard InChI is InChI=1S/C16H32N2/c1-4-16(3,12-17-15-9-10-15)13-18(5-2)11-14-7-6-8-14/h14-15,17H,4-13H2,1-3H3. The fourth-order valence-electron chi connectivity index (χ4n) is 2.86. The summed E-state index contributed by atoms with van der Waals surface area (Å²) in [6, 6.07) is 0.845. The van der Waals surface area contributed by atoms with Crippen LogP contribution in [0.1, 0.15) is 59.3 Å². The Hall–Kier alpha value is -0.0800. The first kappa shape index (κ1) is 14.3. The minimum Gasteiger partial charge on any atom is -0.313 e. The van der Waals surface area contributed by atoms with E-state index in [-0.39, 0.29) is 0 Å². The van der Waals surface area contributed by atoms with Crippen LogP contribution in [0.25, 0.3) is 0 Å². The maximum absolute atomic E-state index is 3.73. The van der Waals surface area contributed by atoms with Gasteiger partial charge in [0, 0.05) is 25.7 Å². The molecule has 2 saturated carbocycles. The third kappa shape index (κ3) is 4.24. The van der Waals surface area contributed by atoms with Gasteiger partial charge in [0.05, 0.1) is 0 Å². The van der Waals surface area contributed by atoms with E-state index >= 15 is 0 Å². The van der Waals surface area contributed by atoms with Gasteiger partial charge in [-0.15, -0.1) is 0 Å². The zero-order valence-electron chi connectivity index (χ0n) is 12.7. The van der Waals surface area contributed by atoms with Gasteiger partial charge in [-0.25, -0.2) is 0 Å². The van der Waals surface area contributed by atoms with Crippen LogP contribution in [-0.4, -0.2) is 37.1 Å². The average molecular weight is 252 g/mol. The first-order valence-corrected chi connectivity index (χ1v) is 8.11. The van der Waals surface area contributed by atoms with Crippen molar-refractivity contribution in [3.05, 3.63) is 0 Å². The fraction of sp³-hybridized carbons (Fsp3) is 1.00. The van der Waals surface area contributed by atoms with Crippen molar-refractivity contribution in [2.75, 3.05) is 26.2 Å². The van der Waals surface area contributed by atoms with Crippen molar-refractivity contribution in [1.82, 2.24) is 10.2 Å². The van der Waals surface area contributed by atoms with E-state index in [4.69, 9.17) is 0 Å². The molecule has 2 nitrogen and oxygen atoms in total. The normalized spacial score (nSPS) is 24.0. The van der Waals surface area contributed by atoms with Crippen LogP contribution >= 0.6 is 0 Å². The van der Waals surface area contributed by atoms with E-state index in [0.29, 0.717) is 5.41 Å². The molecular weight excluding hydrogens is 220 g/mol. The van der Waals surface area contributed by atoms with Crippen molar-refractivity contribution in [3.8, 4) is 0 Å². The van der Waals surface area contributed by atoms with E-state index in [1.54, 1.807) is 0 Å². The number of hydrogen-bond acceptors (Lipinski definition) is 2. The van der Waals surface area contributed by atoms with Gasteiger partial charge in [-0.3, -0.25) is 0 Å². The van der Waals surface area contributed by atoms with Gasteiger partial charge in [-0.2, -0.15) is 0 Å². The number of nitrogens with one attached hydrogen (secondary N) is 1. The molecule has 1 atom stereocenters. The molecule has 0 aromatic heterocycles. The molecule has 0 amide bonds. The Labute approximate surface area is 114 Å². The van der Waals surface area contributed by atoms with Gasteiger partial charge in [-0.05, 0) is 50.0 Å². The van der Waals surface area contributed by atoms with Crippen LogP contribution < -0.4 is 5.32 Å². The Morgan fingerprint density at radius 1 is 1.17 bits per heavy atom. The van der Waals surface area contributed by atoms with Crippen LogP contribution in [0, 0.1) is 11.3 Å². The SMILES string of the molecule is CCN(CC1CCC1)CC(C)(CC)CNC1CC1. The highest BCUT2D eigenvalue weighted by Crippen LogP contribution is 2.30. The predicted octanol–water partition coefficient (Wildman–Crippen LogP) is 3.28. The van der Waals surface area contributed by atoms with Gasteiger partial charge in [0.2, 0.25) is 0 Å². The largest absolute Gasteiger partial charge is 0.313 e. The maximum atomic E-state index is 3.73. The molecule has 0 bridgehead atoms. The highest BCUT2D eigenvalue weighted by Gasteiger charge is 2.30. The molecule has 106 valence electrons. The molecule has 1 unspecified atom stereocenters. The van der Waals surface area contributed by atoms with Gasteiger partial charge in [-0.1, -0.05) is 27.2 Å². The third-order valence-electron chi connectivity index (χ3n) is 5.04. The fourth-order valence-corrected chi connectivity index (χ4v) is 2.86. The quantitative estimate of drug-likeness (QED) is 0.677. The molecule has 0 heterocycles. The monoisotopic (exact) mass is 252 g/mol. The second kappa shape index (κ2) is 6.38. The lowest BCUT2D eigenvalue weighted by atomic mass is 9.83. The van der Waals surface area contributed by atoms with E-state index < -0.39 is 0 Å². The summed E-state index contributed by atoms with van der Waals surface area (Å²) in [7, 11) is 0. The molecular formula is C16H32N2. The van der Waals surface area contributed by atoms with Crippen LogP contribution in [0.2, 0.25) is 0 Å². The topological polar surface area (TPSA) is 15.3 Å². The van der Waals surface area contributed by atoms with E-state index in [2.05, 4.69) is 31.0 Å². The van der Waals surface area contributed by atoms with E-state index in [9.17, 15) is 0 Å². The molecule has 0 aromatic rings. The molecule has 0 aliphatic heterocycles. The lowest BCUT2D eigenvalue weighted by Gasteiger charge is -2.38. The predicted molar refractivity (Wildman–Crippen MR) is 78.9 cm³/mol. The van der Waals surface area contributed by atoms with Crippen molar-refractivity contribution >= 4 is 0 Å². The summed E-state index contributed by atoms with van der Waals surface area (Å²) in [6.07, 6.45) is 8.50. The summed E-state index contributed by atoms with van der Waals surface area (Å²) < 4.78 is 0. The minimum atomic E-state index is 0.461. The van der Waals surface area contributed by atoms with Crippen LogP contribution in [0.4, 0.5) is 0 Å². The van der Waals surface area contributed by atoms with Crippen molar-refractivity contribution in [1.29, 1.82) is 0 Å². The van der Waals surface area contributed by atoms with Crippen LogP contribution in [-0.2, 0) is 0 Å². The van der Waals surface area contributed by atoms with Crippen LogP contribution in [0.3, 0.4) is 0 Å². The Morgan fingerprint density at radius 2 is 1.89 bits per heavy atom. The number of rotatable bonds is 9. The van der Waals surface area contributed by atoms with E-state index in [1.807, 2.05) is 0 Å². The first-order chi connectivity index (χ1) is 8.65. The lowest BCUT2D eigenvalue weighted by molar-refractivity contribution is 0.120. The first-order valence-electron chi connectivity index (χ1n) is 8.11. The molecule has 0 radical (unpaired) electrons. The Balaban J connectivity index is 1.76. The molecule has 2 rings (SSSR count). The third-order valence-corrected chi connectivity index (χ3v) is 5.04. The summed E-state index contributed by atoms with van der Waals surface area (Å²) in [5.74, 6) is 1.00. The smallest absolute Gasteiger partial charge is 0.00684 e. The molecule has 0 aromatic carbocycles. The zero-order valence-corrected chi connectivity index (χ0v) is 12.7. The van der Waals surface area contributed by atoms with Crippen LogP contribution in [0.5, 0.6) is 0 Å². The molecule has 2 fully saturated rings. The Bertz CT molecular complexity index is 245. The molecule has 0 saturated heterocycles. The highest BCUT2D eigenvalue weighted by molar-refractivity contribution is 4.87. The second-order valence-corrected chi connectivity index (χ2v) is 6.94. The maximum Gasteiger partial charge on any atom is 0.00684 e. The van der Waals surface area contributed by atoms with Crippen molar-refractivity contribution in [2.45, 2.75) is 65.3 Å². The molecule has 2 heteroatoms.